The maximum Gasteiger partial charge on any atom is 0.228 e. The van der Waals surface area contributed by atoms with Gasteiger partial charge in [0.1, 0.15) is 0 Å². The molecule has 136 valence electrons. The highest BCUT2D eigenvalue weighted by Crippen LogP contribution is 2.29. The number of aromatic nitrogens is 1. The normalized spacial score (nSPS) is 12.3. The molecule has 2 aromatic carbocycles. The van der Waals surface area contributed by atoms with Gasteiger partial charge in [-0.3, -0.25) is 4.79 Å². The summed E-state index contributed by atoms with van der Waals surface area (Å²) in [4.78, 5) is 17.2. The lowest BCUT2D eigenvalue weighted by Gasteiger charge is -2.12. The fourth-order valence-corrected chi connectivity index (χ4v) is 4.11. The lowest BCUT2D eigenvalue weighted by Crippen LogP contribution is -2.15. The average molecular weight is 367 g/mol. The van der Waals surface area contributed by atoms with Crippen molar-refractivity contribution in [2.24, 2.45) is 0 Å². The molecule has 4 heteroatoms. The summed E-state index contributed by atoms with van der Waals surface area (Å²) < 4.78 is 0. The maximum atomic E-state index is 12.6. The summed E-state index contributed by atoms with van der Waals surface area (Å²) in [6, 6.07) is 14.4. The number of H-pyrrole nitrogens is 1. The van der Waals surface area contributed by atoms with Crippen molar-refractivity contribution in [2.45, 2.75) is 50.7 Å². The Morgan fingerprint density at radius 3 is 2.69 bits per heavy atom. The number of nitrogens with one attached hydrogen (secondary N) is 2. The molecule has 0 saturated carbocycles. The zero-order valence-electron chi connectivity index (χ0n) is 15.8. The van der Waals surface area contributed by atoms with Crippen molar-refractivity contribution in [2.75, 3.05) is 5.32 Å². The van der Waals surface area contributed by atoms with Crippen LogP contribution < -0.4 is 5.32 Å². The van der Waals surface area contributed by atoms with Gasteiger partial charge in [0.15, 0.2) is 0 Å². The topological polar surface area (TPSA) is 44.9 Å². The third-order valence-corrected chi connectivity index (χ3v) is 6.01. The lowest BCUT2D eigenvalue weighted by molar-refractivity contribution is -0.115. The van der Waals surface area contributed by atoms with E-state index in [9.17, 15) is 4.79 Å². The van der Waals surface area contributed by atoms with Gasteiger partial charge < -0.3 is 10.3 Å². The molecule has 0 radical (unpaired) electrons. The average Bonchev–Trinajstić information content (AvgIpc) is 2.93. The molecule has 3 aromatic rings. The first-order valence-electron chi connectivity index (χ1n) is 9.11. The molecule has 3 rings (SSSR count). The highest BCUT2D eigenvalue weighted by Gasteiger charge is 2.13. The maximum absolute atomic E-state index is 12.6. The number of carbonyl (C=O) groups excluding carboxylic acids is 1. The van der Waals surface area contributed by atoms with Crippen molar-refractivity contribution < 1.29 is 4.79 Å². The molecular weight excluding hydrogens is 340 g/mol. The van der Waals surface area contributed by atoms with E-state index in [2.05, 4.69) is 42.3 Å². The van der Waals surface area contributed by atoms with Crippen LogP contribution >= 0.6 is 11.8 Å². The standard InChI is InChI=1S/C22H26N2OS/c1-5-15(3)26-17-10-11-20(14(2)12-17)24-22(25)13-19-16(4)23-21-9-7-6-8-18(19)21/h6-12,15,23H,5,13H2,1-4H3,(H,24,25). The highest BCUT2D eigenvalue weighted by atomic mass is 32.2. The molecule has 3 nitrogen and oxygen atoms in total. The largest absolute Gasteiger partial charge is 0.358 e. The van der Waals surface area contributed by atoms with Gasteiger partial charge in [-0.05, 0) is 55.7 Å². The van der Waals surface area contributed by atoms with Crippen LogP contribution in [0.2, 0.25) is 0 Å². The van der Waals surface area contributed by atoms with Crippen LogP contribution in [-0.4, -0.2) is 16.1 Å². The van der Waals surface area contributed by atoms with Crippen LogP contribution in [0.3, 0.4) is 0 Å². The summed E-state index contributed by atoms with van der Waals surface area (Å²) in [6.45, 7) is 8.51. The Kier molecular flexibility index (Phi) is 5.72. The summed E-state index contributed by atoms with van der Waals surface area (Å²) in [5.41, 5.74) is 5.19. The molecule has 1 unspecified atom stereocenters. The van der Waals surface area contributed by atoms with Crippen LogP contribution in [0.5, 0.6) is 0 Å². The van der Waals surface area contributed by atoms with Crippen molar-refractivity contribution in [1.29, 1.82) is 0 Å². The quantitative estimate of drug-likeness (QED) is 0.537. The van der Waals surface area contributed by atoms with E-state index in [1.54, 1.807) is 0 Å². The monoisotopic (exact) mass is 366 g/mol. The highest BCUT2D eigenvalue weighted by molar-refractivity contribution is 7.99. The first kappa shape index (κ1) is 18.6. The Hall–Kier alpha value is -2.20. The summed E-state index contributed by atoms with van der Waals surface area (Å²) in [5.74, 6) is 0.0169. The van der Waals surface area contributed by atoms with Gasteiger partial charge in [-0.2, -0.15) is 0 Å². The zero-order valence-corrected chi connectivity index (χ0v) is 16.7. The summed E-state index contributed by atoms with van der Waals surface area (Å²) >= 11 is 1.88. The van der Waals surface area contributed by atoms with E-state index >= 15 is 0 Å². The molecule has 26 heavy (non-hydrogen) atoms. The van der Waals surface area contributed by atoms with Gasteiger partial charge in [0.2, 0.25) is 5.91 Å². The second kappa shape index (κ2) is 8.00. The molecule has 2 N–H and O–H groups in total. The van der Waals surface area contributed by atoms with Crippen molar-refractivity contribution in [3.05, 3.63) is 59.3 Å². The van der Waals surface area contributed by atoms with E-state index < -0.39 is 0 Å². The summed E-state index contributed by atoms with van der Waals surface area (Å²) in [6.07, 6.45) is 1.52. The van der Waals surface area contributed by atoms with Crippen LogP contribution in [0.25, 0.3) is 10.9 Å². The van der Waals surface area contributed by atoms with Gasteiger partial charge in [-0.25, -0.2) is 0 Å². The molecule has 0 fully saturated rings. The van der Waals surface area contributed by atoms with Crippen LogP contribution in [0.1, 0.15) is 37.1 Å². The van der Waals surface area contributed by atoms with E-state index in [0.29, 0.717) is 11.7 Å². The molecular formula is C22H26N2OS. The number of thioether (sulfide) groups is 1. The van der Waals surface area contributed by atoms with Gasteiger partial charge in [0.25, 0.3) is 0 Å². The predicted octanol–water partition coefficient (Wildman–Crippen LogP) is 5.86. The molecule has 0 aliphatic rings. The van der Waals surface area contributed by atoms with Crippen LogP contribution in [0.4, 0.5) is 5.69 Å². The van der Waals surface area contributed by atoms with Crippen molar-refractivity contribution >= 4 is 34.3 Å². The molecule has 1 aromatic heterocycles. The van der Waals surface area contributed by atoms with Gasteiger partial charge in [0.05, 0.1) is 6.42 Å². The molecule has 1 amide bonds. The number of para-hydroxylation sites is 1. The van der Waals surface area contributed by atoms with Crippen molar-refractivity contribution in [3.8, 4) is 0 Å². The Bertz CT molecular complexity index is 929. The molecule has 0 spiro atoms. The number of aryl methyl sites for hydroxylation is 2. The predicted molar refractivity (Wildman–Crippen MR) is 112 cm³/mol. The lowest BCUT2D eigenvalue weighted by atomic mass is 10.1. The molecule has 1 heterocycles. The Morgan fingerprint density at radius 2 is 1.96 bits per heavy atom. The van der Waals surface area contributed by atoms with E-state index in [0.717, 1.165) is 39.8 Å². The molecule has 0 bridgehead atoms. The third-order valence-electron chi connectivity index (χ3n) is 4.75. The number of amides is 1. The zero-order chi connectivity index (χ0) is 18.7. The number of hydrogen-bond donors (Lipinski definition) is 2. The number of benzene rings is 2. The van der Waals surface area contributed by atoms with Gasteiger partial charge in [0, 0.05) is 32.4 Å². The minimum absolute atomic E-state index is 0.0169. The van der Waals surface area contributed by atoms with E-state index in [1.165, 1.54) is 4.90 Å². The second-order valence-corrected chi connectivity index (χ2v) is 8.32. The smallest absolute Gasteiger partial charge is 0.228 e. The van der Waals surface area contributed by atoms with E-state index in [1.807, 2.05) is 49.9 Å². The van der Waals surface area contributed by atoms with Crippen molar-refractivity contribution in [3.63, 3.8) is 0 Å². The van der Waals surface area contributed by atoms with Crippen LogP contribution in [0, 0.1) is 13.8 Å². The Morgan fingerprint density at radius 1 is 1.19 bits per heavy atom. The van der Waals surface area contributed by atoms with Crippen LogP contribution in [-0.2, 0) is 11.2 Å². The van der Waals surface area contributed by atoms with Gasteiger partial charge >= 0.3 is 0 Å². The van der Waals surface area contributed by atoms with Gasteiger partial charge in [-0.1, -0.05) is 32.0 Å². The van der Waals surface area contributed by atoms with E-state index in [-0.39, 0.29) is 5.91 Å². The molecule has 0 saturated heterocycles. The Balaban J connectivity index is 1.72. The fourth-order valence-electron chi connectivity index (χ4n) is 3.08. The minimum atomic E-state index is 0.0169. The van der Waals surface area contributed by atoms with Crippen molar-refractivity contribution in [1.82, 2.24) is 4.98 Å². The van der Waals surface area contributed by atoms with Crippen LogP contribution in [0.15, 0.2) is 47.4 Å². The van der Waals surface area contributed by atoms with E-state index in [4.69, 9.17) is 0 Å². The fraction of sp³-hybridized carbons (Fsp3) is 0.318. The first-order valence-corrected chi connectivity index (χ1v) is 9.99. The summed E-state index contributed by atoms with van der Waals surface area (Å²) in [7, 11) is 0. The SMILES string of the molecule is CCC(C)Sc1ccc(NC(=O)Cc2c(C)[nH]c3ccccc23)c(C)c1. The first-order chi connectivity index (χ1) is 12.5. The molecule has 1 atom stereocenters. The third kappa shape index (κ3) is 4.13. The number of aromatic amines is 1. The number of fused-ring (bicyclic) bond motifs is 1. The second-order valence-electron chi connectivity index (χ2n) is 6.81. The number of anilines is 1. The van der Waals surface area contributed by atoms with Gasteiger partial charge in [-0.15, -0.1) is 11.8 Å². The minimum Gasteiger partial charge on any atom is -0.358 e. The number of rotatable bonds is 6. The number of carbonyl (C=O) groups is 1. The summed E-state index contributed by atoms with van der Waals surface area (Å²) in [5, 5.41) is 4.79. The molecule has 0 aliphatic heterocycles. The number of hydrogen-bond acceptors (Lipinski definition) is 2. The Labute approximate surface area is 159 Å². The molecule has 0 aliphatic carbocycles.